The van der Waals surface area contributed by atoms with Crippen molar-refractivity contribution in [2.24, 2.45) is 0 Å². The highest BCUT2D eigenvalue weighted by Gasteiger charge is 2.27. The maximum Gasteiger partial charge on any atom is 0.238 e. The molecule has 17 heavy (non-hydrogen) atoms. The minimum absolute atomic E-state index is 1.19. The van der Waals surface area contributed by atoms with E-state index in [9.17, 15) is 0 Å². The highest BCUT2D eigenvalue weighted by atomic mass is 15.4. The molecule has 0 aliphatic carbocycles. The van der Waals surface area contributed by atoms with E-state index in [0.29, 0.717) is 0 Å². The fourth-order valence-electron chi connectivity index (χ4n) is 3.00. The fraction of sp³-hybridized carbons (Fsp3) is 0.533. The van der Waals surface area contributed by atoms with Crippen LogP contribution in [0.1, 0.15) is 37.4 Å². The van der Waals surface area contributed by atoms with Crippen LogP contribution in [0.15, 0.2) is 18.2 Å². The van der Waals surface area contributed by atoms with Crippen molar-refractivity contribution in [2.45, 2.75) is 52.6 Å². The summed E-state index contributed by atoms with van der Waals surface area (Å²) in [5.74, 6) is 0. The predicted molar refractivity (Wildman–Crippen MR) is 70.1 cm³/mol. The number of nitrogens with zero attached hydrogens (tertiary/aromatic N) is 2. The molecule has 0 spiro atoms. The van der Waals surface area contributed by atoms with Crippen LogP contribution in [-0.4, -0.2) is 4.68 Å². The summed E-state index contributed by atoms with van der Waals surface area (Å²) in [7, 11) is 0. The summed E-state index contributed by atoms with van der Waals surface area (Å²) >= 11 is 0. The summed E-state index contributed by atoms with van der Waals surface area (Å²) < 4.78 is 4.99. The van der Waals surface area contributed by atoms with E-state index >= 15 is 0 Å². The van der Waals surface area contributed by atoms with E-state index in [2.05, 4.69) is 41.4 Å². The van der Waals surface area contributed by atoms with Crippen LogP contribution < -0.4 is 4.68 Å². The number of aromatic nitrogens is 2. The highest BCUT2D eigenvalue weighted by Crippen LogP contribution is 2.23. The summed E-state index contributed by atoms with van der Waals surface area (Å²) in [5, 5.41) is 1.48. The van der Waals surface area contributed by atoms with Crippen molar-refractivity contribution >= 4 is 10.9 Å². The van der Waals surface area contributed by atoms with E-state index in [1.807, 2.05) is 0 Å². The molecule has 2 nitrogen and oxygen atoms in total. The van der Waals surface area contributed by atoms with Crippen molar-refractivity contribution in [2.75, 3.05) is 0 Å². The zero-order chi connectivity index (χ0) is 11.8. The maximum atomic E-state index is 2.51. The average Bonchev–Trinajstić information content (AvgIpc) is 2.87. The lowest BCUT2D eigenvalue weighted by molar-refractivity contribution is -0.735. The van der Waals surface area contributed by atoms with Gasteiger partial charge in [0.05, 0.1) is 17.6 Å². The van der Waals surface area contributed by atoms with Crippen LogP contribution in [0.3, 0.4) is 0 Å². The third-order valence-corrected chi connectivity index (χ3v) is 3.85. The van der Waals surface area contributed by atoms with Crippen molar-refractivity contribution < 1.29 is 4.68 Å². The molecule has 0 unspecified atom stereocenters. The van der Waals surface area contributed by atoms with E-state index in [1.165, 1.54) is 55.2 Å². The first-order valence-electron chi connectivity index (χ1n) is 6.83. The van der Waals surface area contributed by atoms with Gasteiger partial charge in [-0.3, -0.25) is 0 Å². The van der Waals surface area contributed by atoms with Crippen LogP contribution in [0.2, 0.25) is 0 Å². The minimum Gasteiger partial charge on any atom is -0.156 e. The number of rotatable bonds is 3. The molecule has 3 rings (SSSR count). The fourth-order valence-corrected chi connectivity index (χ4v) is 3.00. The van der Waals surface area contributed by atoms with Gasteiger partial charge in [-0.15, -0.1) is 4.68 Å². The quantitative estimate of drug-likeness (QED) is 0.715. The first-order valence-corrected chi connectivity index (χ1v) is 6.83. The van der Waals surface area contributed by atoms with Crippen LogP contribution in [0.5, 0.6) is 0 Å². The van der Waals surface area contributed by atoms with Crippen LogP contribution >= 0.6 is 0 Å². The van der Waals surface area contributed by atoms with E-state index in [1.54, 1.807) is 5.69 Å². The van der Waals surface area contributed by atoms with E-state index in [0.717, 1.165) is 0 Å². The van der Waals surface area contributed by atoms with Crippen molar-refractivity contribution in [1.82, 2.24) is 4.68 Å². The van der Waals surface area contributed by atoms with Crippen molar-refractivity contribution in [3.8, 4) is 0 Å². The van der Waals surface area contributed by atoms with Crippen molar-refractivity contribution in [3.63, 3.8) is 0 Å². The zero-order valence-electron chi connectivity index (χ0n) is 10.9. The third kappa shape index (κ3) is 1.67. The molecule has 1 aliphatic heterocycles. The summed E-state index contributed by atoms with van der Waals surface area (Å²) in [5.41, 5.74) is 4.36. The first kappa shape index (κ1) is 10.8. The lowest BCUT2D eigenvalue weighted by atomic mass is 10.1. The molecule has 0 saturated carbocycles. The second-order valence-electron chi connectivity index (χ2n) is 5.17. The molecular formula is C15H21N2+. The molecule has 1 aromatic heterocycles. The van der Waals surface area contributed by atoms with Crippen molar-refractivity contribution in [1.29, 1.82) is 0 Å². The Morgan fingerprint density at radius 2 is 2.24 bits per heavy atom. The van der Waals surface area contributed by atoms with Gasteiger partial charge in [-0.25, -0.2) is 0 Å². The van der Waals surface area contributed by atoms with Gasteiger partial charge in [0.2, 0.25) is 5.52 Å². The number of aryl methyl sites for hydroxylation is 3. The molecular weight excluding hydrogens is 208 g/mol. The molecule has 0 bridgehead atoms. The SMILES string of the molecule is CCCCc1c2cc(C)ccc2[n+]2n1CCC2. The zero-order valence-corrected chi connectivity index (χ0v) is 10.9. The van der Waals surface area contributed by atoms with Gasteiger partial charge in [0.25, 0.3) is 0 Å². The summed E-state index contributed by atoms with van der Waals surface area (Å²) in [4.78, 5) is 0. The van der Waals surface area contributed by atoms with Gasteiger partial charge < -0.3 is 0 Å². The number of benzene rings is 1. The molecule has 0 amide bonds. The molecule has 0 fully saturated rings. The molecule has 0 radical (unpaired) electrons. The standard InChI is InChI=1S/C15H21N2/c1-3-4-6-14-13-11-12(2)7-8-15(13)17-10-5-9-16(14)17/h7-8,11H,3-6,9-10H2,1-2H3/q+1. The first-order chi connectivity index (χ1) is 8.31. The topological polar surface area (TPSA) is 8.81 Å². The van der Waals surface area contributed by atoms with Crippen LogP contribution in [0.25, 0.3) is 10.9 Å². The molecule has 1 aromatic carbocycles. The molecule has 0 saturated heterocycles. The Labute approximate surface area is 103 Å². The van der Waals surface area contributed by atoms with E-state index in [-0.39, 0.29) is 0 Å². The van der Waals surface area contributed by atoms with Gasteiger partial charge >= 0.3 is 0 Å². The van der Waals surface area contributed by atoms with Crippen molar-refractivity contribution in [3.05, 3.63) is 29.5 Å². The number of unbranched alkanes of at least 4 members (excludes halogenated alkanes) is 1. The third-order valence-electron chi connectivity index (χ3n) is 3.85. The second-order valence-corrected chi connectivity index (χ2v) is 5.17. The van der Waals surface area contributed by atoms with Crippen LogP contribution in [-0.2, 0) is 19.5 Å². The minimum atomic E-state index is 1.19. The highest BCUT2D eigenvalue weighted by molar-refractivity contribution is 5.79. The lowest BCUT2D eigenvalue weighted by Gasteiger charge is -1.99. The number of hydrogen-bond donors (Lipinski definition) is 0. The second kappa shape index (κ2) is 4.17. The molecule has 0 atom stereocenters. The Balaban J connectivity index is 2.19. The van der Waals surface area contributed by atoms with E-state index in [4.69, 9.17) is 0 Å². The van der Waals surface area contributed by atoms with Gasteiger partial charge in [0.1, 0.15) is 0 Å². The summed E-state index contributed by atoms with van der Waals surface area (Å²) in [6.07, 6.45) is 5.10. The van der Waals surface area contributed by atoms with Crippen LogP contribution in [0.4, 0.5) is 0 Å². The van der Waals surface area contributed by atoms with Crippen LogP contribution in [0, 0.1) is 6.92 Å². The van der Waals surface area contributed by atoms with Gasteiger partial charge in [0, 0.05) is 12.5 Å². The molecule has 2 aromatic rings. The van der Waals surface area contributed by atoms with Gasteiger partial charge in [-0.05, 0) is 31.4 Å². The van der Waals surface area contributed by atoms with E-state index < -0.39 is 0 Å². The predicted octanol–water partition coefficient (Wildman–Crippen LogP) is 2.98. The monoisotopic (exact) mass is 229 g/mol. The molecule has 0 N–H and O–H groups in total. The largest absolute Gasteiger partial charge is 0.238 e. The molecule has 2 heteroatoms. The molecule has 90 valence electrons. The Morgan fingerprint density at radius 1 is 1.35 bits per heavy atom. The normalized spacial score (nSPS) is 14.5. The van der Waals surface area contributed by atoms with Gasteiger partial charge in [-0.2, -0.15) is 4.68 Å². The summed E-state index contributed by atoms with van der Waals surface area (Å²) in [6.45, 7) is 6.85. The van der Waals surface area contributed by atoms with Gasteiger partial charge in [0.15, 0.2) is 6.54 Å². The lowest BCUT2D eigenvalue weighted by Crippen LogP contribution is -2.37. The number of hydrogen-bond acceptors (Lipinski definition) is 0. The summed E-state index contributed by atoms with van der Waals surface area (Å²) in [6, 6.07) is 6.89. The molecule has 2 heterocycles. The Kier molecular flexibility index (Phi) is 2.65. The Bertz CT molecular complexity index is 552. The Hall–Kier alpha value is -1.31. The average molecular weight is 229 g/mol. The smallest absolute Gasteiger partial charge is 0.156 e. The van der Waals surface area contributed by atoms with Gasteiger partial charge in [-0.1, -0.05) is 19.4 Å². The Morgan fingerprint density at radius 3 is 3.06 bits per heavy atom. The maximum absolute atomic E-state index is 2.51. The molecule has 1 aliphatic rings. The number of fused-ring (bicyclic) bond motifs is 3.